The summed E-state index contributed by atoms with van der Waals surface area (Å²) in [7, 11) is 2.57. The molecule has 0 saturated carbocycles. The van der Waals surface area contributed by atoms with Gasteiger partial charge >= 0.3 is 11.9 Å². The molecule has 2 rings (SSSR count). The van der Waals surface area contributed by atoms with Gasteiger partial charge in [-0.25, -0.2) is 19.3 Å². The van der Waals surface area contributed by atoms with Crippen LogP contribution >= 0.6 is 0 Å². The highest BCUT2D eigenvalue weighted by molar-refractivity contribution is 5.88. The van der Waals surface area contributed by atoms with E-state index in [0.29, 0.717) is 17.8 Å². The Bertz CT molecular complexity index is 621. The molecule has 8 nitrogen and oxygen atoms in total. The zero-order valence-electron chi connectivity index (χ0n) is 10.9. The molecule has 0 radical (unpaired) electrons. The van der Waals surface area contributed by atoms with Gasteiger partial charge in [0.2, 0.25) is 0 Å². The third-order valence-electron chi connectivity index (χ3n) is 2.47. The minimum absolute atomic E-state index is 0.0151. The maximum absolute atomic E-state index is 11.3. The molecule has 0 saturated heterocycles. The van der Waals surface area contributed by atoms with Crippen molar-refractivity contribution in [3.63, 3.8) is 0 Å². The number of pyridine rings is 1. The lowest BCUT2D eigenvalue weighted by atomic mass is 10.2. The SMILES string of the molecule is COC(=O)c1ccc(Cn2cnc(C(=O)OC)n2)nc1. The van der Waals surface area contributed by atoms with Gasteiger partial charge in [-0.15, -0.1) is 5.10 Å². The molecule has 0 aromatic carbocycles. The quantitative estimate of drug-likeness (QED) is 0.740. The molecule has 0 aliphatic rings. The minimum Gasteiger partial charge on any atom is -0.465 e. The summed E-state index contributed by atoms with van der Waals surface area (Å²) in [5.41, 5.74) is 1.03. The van der Waals surface area contributed by atoms with Crippen LogP contribution in [0.1, 0.15) is 26.7 Å². The Labute approximate surface area is 114 Å². The van der Waals surface area contributed by atoms with Crippen LogP contribution in [0.25, 0.3) is 0 Å². The largest absolute Gasteiger partial charge is 0.465 e. The monoisotopic (exact) mass is 276 g/mol. The van der Waals surface area contributed by atoms with Gasteiger partial charge in [-0.2, -0.15) is 0 Å². The van der Waals surface area contributed by atoms with Gasteiger partial charge in [0, 0.05) is 6.20 Å². The molecule has 0 bridgehead atoms. The molecule has 0 aliphatic carbocycles. The summed E-state index contributed by atoms with van der Waals surface area (Å²) in [6, 6.07) is 3.28. The Balaban J connectivity index is 2.08. The Morgan fingerprint density at radius 2 is 1.90 bits per heavy atom. The number of carbonyl (C=O) groups is 2. The highest BCUT2D eigenvalue weighted by Crippen LogP contribution is 2.04. The Kier molecular flexibility index (Phi) is 4.04. The van der Waals surface area contributed by atoms with Crippen LogP contribution in [0.4, 0.5) is 0 Å². The average molecular weight is 276 g/mol. The number of carbonyl (C=O) groups excluding carboxylic acids is 2. The number of methoxy groups -OCH3 is 2. The molecule has 0 N–H and O–H groups in total. The van der Waals surface area contributed by atoms with E-state index in [1.165, 1.54) is 31.4 Å². The fraction of sp³-hybridized carbons (Fsp3) is 0.250. The fourth-order valence-corrected chi connectivity index (χ4v) is 1.48. The lowest BCUT2D eigenvalue weighted by Gasteiger charge is -2.02. The predicted octanol–water partition coefficient (Wildman–Crippen LogP) is 0.295. The van der Waals surface area contributed by atoms with Gasteiger partial charge in [-0.3, -0.25) is 4.98 Å². The van der Waals surface area contributed by atoms with Gasteiger partial charge in [-0.1, -0.05) is 0 Å². The van der Waals surface area contributed by atoms with Crippen molar-refractivity contribution in [3.05, 3.63) is 41.7 Å². The molecule has 0 unspecified atom stereocenters. The third kappa shape index (κ3) is 2.97. The van der Waals surface area contributed by atoms with E-state index in [1.807, 2.05) is 0 Å². The van der Waals surface area contributed by atoms with Crippen molar-refractivity contribution in [3.8, 4) is 0 Å². The van der Waals surface area contributed by atoms with Gasteiger partial charge in [0.15, 0.2) is 0 Å². The number of ether oxygens (including phenoxy) is 2. The summed E-state index contributed by atoms with van der Waals surface area (Å²) in [5.74, 6) is -1.06. The Hall–Kier alpha value is -2.77. The zero-order chi connectivity index (χ0) is 14.5. The molecule has 0 spiro atoms. The molecule has 0 aliphatic heterocycles. The van der Waals surface area contributed by atoms with E-state index in [9.17, 15) is 9.59 Å². The number of esters is 2. The van der Waals surface area contributed by atoms with Gasteiger partial charge < -0.3 is 9.47 Å². The maximum Gasteiger partial charge on any atom is 0.377 e. The maximum atomic E-state index is 11.3. The van der Waals surface area contributed by atoms with Crippen LogP contribution in [0.15, 0.2) is 24.7 Å². The van der Waals surface area contributed by atoms with Crippen molar-refractivity contribution in [1.29, 1.82) is 0 Å². The lowest BCUT2D eigenvalue weighted by molar-refractivity contribution is 0.0582. The molecule has 104 valence electrons. The summed E-state index contributed by atoms with van der Waals surface area (Å²) in [6.07, 6.45) is 2.82. The van der Waals surface area contributed by atoms with Crippen molar-refractivity contribution in [2.75, 3.05) is 14.2 Å². The molecule has 8 heteroatoms. The second-order valence-corrected chi connectivity index (χ2v) is 3.79. The Morgan fingerprint density at radius 3 is 2.50 bits per heavy atom. The highest BCUT2D eigenvalue weighted by Gasteiger charge is 2.11. The summed E-state index contributed by atoms with van der Waals surface area (Å²) in [5, 5.41) is 3.95. The topological polar surface area (TPSA) is 96.2 Å². The first-order chi connectivity index (χ1) is 9.63. The molecular weight excluding hydrogens is 264 g/mol. The van der Waals surface area contributed by atoms with Gasteiger partial charge in [0.1, 0.15) is 6.33 Å². The first kappa shape index (κ1) is 13.7. The van der Waals surface area contributed by atoms with Gasteiger partial charge in [0.05, 0.1) is 32.0 Å². The van der Waals surface area contributed by atoms with Crippen LogP contribution in [0, 0.1) is 0 Å². The zero-order valence-corrected chi connectivity index (χ0v) is 10.9. The smallest absolute Gasteiger partial charge is 0.377 e. The van der Waals surface area contributed by atoms with Crippen molar-refractivity contribution < 1.29 is 19.1 Å². The van der Waals surface area contributed by atoms with Gasteiger partial charge in [-0.05, 0) is 12.1 Å². The van der Waals surface area contributed by atoms with E-state index in [4.69, 9.17) is 0 Å². The standard InChI is InChI=1S/C12H12N4O4/c1-19-11(17)8-3-4-9(13-5-8)6-16-7-14-10(15-16)12(18)20-2/h3-5,7H,6H2,1-2H3. The summed E-state index contributed by atoms with van der Waals surface area (Å²) >= 11 is 0. The van der Waals surface area contributed by atoms with Crippen molar-refractivity contribution in [1.82, 2.24) is 19.7 Å². The molecule has 2 aromatic heterocycles. The van der Waals surface area contributed by atoms with Crippen molar-refractivity contribution >= 4 is 11.9 Å². The normalized spacial score (nSPS) is 10.1. The predicted molar refractivity (Wildman–Crippen MR) is 66.0 cm³/mol. The molecule has 2 heterocycles. The fourth-order valence-electron chi connectivity index (χ4n) is 1.48. The average Bonchev–Trinajstić information content (AvgIpc) is 2.95. The van der Waals surface area contributed by atoms with E-state index in [2.05, 4.69) is 24.5 Å². The molecule has 0 amide bonds. The molecule has 0 atom stereocenters. The number of hydrogen-bond donors (Lipinski definition) is 0. The van der Waals surface area contributed by atoms with Crippen LogP contribution in [-0.4, -0.2) is 45.9 Å². The highest BCUT2D eigenvalue weighted by atomic mass is 16.5. The lowest BCUT2D eigenvalue weighted by Crippen LogP contribution is -2.08. The second-order valence-electron chi connectivity index (χ2n) is 3.79. The third-order valence-corrected chi connectivity index (χ3v) is 2.47. The van der Waals surface area contributed by atoms with Crippen molar-refractivity contribution in [2.45, 2.75) is 6.54 Å². The van der Waals surface area contributed by atoms with E-state index in [-0.39, 0.29) is 5.82 Å². The van der Waals surface area contributed by atoms with Crippen LogP contribution < -0.4 is 0 Å². The second kappa shape index (κ2) is 5.91. The van der Waals surface area contributed by atoms with Gasteiger partial charge in [0.25, 0.3) is 5.82 Å². The van der Waals surface area contributed by atoms with E-state index in [1.54, 1.807) is 12.1 Å². The number of nitrogens with zero attached hydrogens (tertiary/aromatic N) is 4. The van der Waals surface area contributed by atoms with Crippen LogP contribution in [0.2, 0.25) is 0 Å². The summed E-state index contributed by atoms with van der Waals surface area (Å²) in [6.45, 7) is 0.325. The van der Waals surface area contributed by atoms with Crippen LogP contribution in [0.3, 0.4) is 0 Å². The molecule has 0 fully saturated rings. The number of rotatable bonds is 4. The summed E-state index contributed by atoms with van der Waals surface area (Å²) < 4.78 is 10.5. The first-order valence-electron chi connectivity index (χ1n) is 5.65. The Morgan fingerprint density at radius 1 is 1.15 bits per heavy atom. The van der Waals surface area contributed by atoms with E-state index < -0.39 is 11.9 Å². The number of aromatic nitrogens is 4. The van der Waals surface area contributed by atoms with E-state index >= 15 is 0 Å². The van der Waals surface area contributed by atoms with E-state index in [0.717, 1.165) is 0 Å². The number of hydrogen-bond acceptors (Lipinski definition) is 7. The molecular formula is C12H12N4O4. The van der Waals surface area contributed by atoms with Crippen LogP contribution in [0.5, 0.6) is 0 Å². The molecule has 2 aromatic rings. The molecule has 20 heavy (non-hydrogen) atoms. The van der Waals surface area contributed by atoms with Crippen molar-refractivity contribution in [2.24, 2.45) is 0 Å². The van der Waals surface area contributed by atoms with Crippen LogP contribution in [-0.2, 0) is 16.0 Å². The first-order valence-corrected chi connectivity index (χ1v) is 5.65. The summed E-state index contributed by atoms with van der Waals surface area (Å²) in [4.78, 5) is 30.4. The minimum atomic E-state index is -0.599.